The van der Waals surface area contributed by atoms with Crippen LogP contribution in [0.15, 0.2) is 48.5 Å². The lowest BCUT2D eigenvalue weighted by molar-refractivity contribution is -0.116. The van der Waals surface area contributed by atoms with Crippen molar-refractivity contribution in [2.24, 2.45) is 0 Å². The second-order valence-corrected chi connectivity index (χ2v) is 8.15. The van der Waals surface area contributed by atoms with Crippen LogP contribution in [0.5, 0.6) is 5.75 Å². The Labute approximate surface area is 160 Å². The van der Waals surface area contributed by atoms with E-state index in [0.717, 1.165) is 11.9 Å². The molecule has 2 aromatic rings. The molecule has 1 amide bonds. The highest BCUT2D eigenvalue weighted by Crippen LogP contribution is 2.29. The first-order valence-corrected chi connectivity index (χ1v) is 10.2. The molecular weight excluding hydrogens is 366 g/mol. The van der Waals surface area contributed by atoms with Gasteiger partial charge in [0.25, 0.3) is 0 Å². The molecule has 0 unspecified atom stereocenters. The molecule has 2 rings (SSSR count). The molecule has 27 heavy (non-hydrogen) atoms. The maximum absolute atomic E-state index is 12.3. The molecule has 0 fully saturated rings. The summed E-state index contributed by atoms with van der Waals surface area (Å²) in [5, 5.41) is 2.78. The van der Waals surface area contributed by atoms with E-state index in [-0.39, 0.29) is 18.9 Å². The van der Waals surface area contributed by atoms with Gasteiger partial charge in [0.15, 0.2) is 0 Å². The van der Waals surface area contributed by atoms with E-state index in [9.17, 15) is 13.2 Å². The van der Waals surface area contributed by atoms with E-state index in [1.54, 1.807) is 24.3 Å². The topological polar surface area (TPSA) is 79.0 Å². The minimum absolute atomic E-state index is 0.0144. The van der Waals surface area contributed by atoms with Gasteiger partial charge in [-0.3, -0.25) is 9.10 Å². The van der Waals surface area contributed by atoms with E-state index in [1.807, 2.05) is 43.3 Å². The lowest BCUT2D eigenvalue weighted by Gasteiger charge is -2.24. The Bertz CT molecular complexity index is 880. The normalized spacial score (nSPS) is 11.0. The summed E-state index contributed by atoms with van der Waals surface area (Å²) in [7, 11) is 1.78. The van der Waals surface area contributed by atoms with Gasteiger partial charge < -0.3 is 15.0 Å². The highest BCUT2D eigenvalue weighted by Gasteiger charge is 2.21. The van der Waals surface area contributed by atoms with Crippen LogP contribution < -0.4 is 19.3 Å². The van der Waals surface area contributed by atoms with Crippen LogP contribution in [-0.2, 0) is 14.8 Å². The summed E-state index contributed by atoms with van der Waals surface area (Å²) in [6.45, 7) is 0.0147. The van der Waals surface area contributed by atoms with E-state index in [4.69, 9.17) is 4.74 Å². The van der Waals surface area contributed by atoms with E-state index in [1.165, 1.54) is 11.4 Å². The third-order valence-electron chi connectivity index (χ3n) is 3.96. The van der Waals surface area contributed by atoms with Crippen LogP contribution >= 0.6 is 0 Å². The van der Waals surface area contributed by atoms with Gasteiger partial charge in [0.2, 0.25) is 15.9 Å². The van der Waals surface area contributed by atoms with Gasteiger partial charge >= 0.3 is 0 Å². The number of amides is 1. The van der Waals surface area contributed by atoms with Crippen LogP contribution in [0.3, 0.4) is 0 Å². The van der Waals surface area contributed by atoms with Gasteiger partial charge in [0, 0.05) is 38.4 Å². The molecule has 7 nitrogen and oxygen atoms in total. The fourth-order valence-electron chi connectivity index (χ4n) is 2.57. The molecule has 0 aliphatic carbocycles. The van der Waals surface area contributed by atoms with Crippen LogP contribution in [0, 0.1) is 0 Å². The molecule has 0 saturated carbocycles. The lowest BCUT2D eigenvalue weighted by Crippen LogP contribution is -2.33. The zero-order valence-corrected chi connectivity index (χ0v) is 16.8. The molecule has 0 heterocycles. The molecule has 0 aromatic heterocycles. The molecule has 0 aliphatic rings. The highest BCUT2D eigenvalue weighted by molar-refractivity contribution is 7.92. The summed E-state index contributed by atoms with van der Waals surface area (Å²) in [4.78, 5) is 14.2. The Morgan fingerprint density at radius 3 is 2.26 bits per heavy atom. The Morgan fingerprint density at radius 1 is 1.07 bits per heavy atom. The largest absolute Gasteiger partial charge is 0.495 e. The summed E-state index contributed by atoms with van der Waals surface area (Å²) in [5.74, 6) is 0.166. The first-order valence-electron chi connectivity index (χ1n) is 8.40. The Morgan fingerprint density at radius 2 is 1.70 bits per heavy atom. The van der Waals surface area contributed by atoms with Crippen molar-refractivity contribution in [1.29, 1.82) is 0 Å². The molecule has 0 saturated heterocycles. The van der Waals surface area contributed by atoms with Crippen LogP contribution in [0.1, 0.15) is 6.42 Å². The van der Waals surface area contributed by atoms with Crippen molar-refractivity contribution in [3.63, 3.8) is 0 Å². The number of hydrogen-bond acceptors (Lipinski definition) is 5. The number of para-hydroxylation sites is 2. The summed E-state index contributed by atoms with van der Waals surface area (Å²) < 4.78 is 30.8. The zero-order valence-electron chi connectivity index (χ0n) is 16.0. The molecule has 8 heteroatoms. The van der Waals surface area contributed by atoms with Gasteiger partial charge in [-0.2, -0.15) is 0 Å². The SMILES string of the molecule is COc1ccccc1N(CCC(=O)Nc1ccc(N(C)C)cc1)S(C)(=O)=O. The van der Waals surface area contributed by atoms with Gasteiger partial charge in [0.1, 0.15) is 5.75 Å². The minimum atomic E-state index is -3.57. The number of nitrogens with zero attached hydrogens (tertiary/aromatic N) is 2. The van der Waals surface area contributed by atoms with Gasteiger partial charge in [-0.25, -0.2) is 8.42 Å². The average molecular weight is 391 g/mol. The first-order chi connectivity index (χ1) is 12.7. The zero-order chi connectivity index (χ0) is 20.0. The number of methoxy groups -OCH3 is 1. The van der Waals surface area contributed by atoms with Crippen molar-refractivity contribution in [3.8, 4) is 5.75 Å². The molecule has 1 N–H and O–H groups in total. The van der Waals surface area contributed by atoms with Crippen molar-refractivity contribution in [3.05, 3.63) is 48.5 Å². The average Bonchev–Trinajstić information content (AvgIpc) is 2.61. The summed E-state index contributed by atoms with van der Waals surface area (Å²) in [5.41, 5.74) is 2.09. The number of anilines is 3. The Hall–Kier alpha value is -2.74. The van der Waals surface area contributed by atoms with Gasteiger partial charge in [-0.05, 0) is 36.4 Å². The number of benzene rings is 2. The summed E-state index contributed by atoms with van der Waals surface area (Å²) >= 11 is 0. The molecule has 146 valence electrons. The predicted molar refractivity (Wildman–Crippen MR) is 109 cm³/mol. The van der Waals surface area contributed by atoms with Gasteiger partial charge in [-0.1, -0.05) is 12.1 Å². The Balaban J connectivity index is 2.07. The third kappa shape index (κ3) is 5.62. The van der Waals surface area contributed by atoms with Gasteiger partial charge in [0.05, 0.1) is 19.1 Å². The second-order valence-electron chi connectivity index (χ2n) is 6.25. The van der Waals surface area contributed by atoms with E-state index in [0.29, 0.717) is 17.1 Å². The number of nitrogens with one attached hydrogen (secondary N) is 1. The van der Waals surface area contributed by atoms with E-state index in [2.05, 4.69) is 5.32 Å². The molecule has 0 aliphatic heterocycles. The van der Waals surface area contributed by atoms with Crippen molar-refractivity contribution in [1.82, 2.24) is 0 Å². The monoisotopic (exact) mass is 391 g/mol. The van der Waals surface area contributed by atoms with Crippen LogP contribution in [-0.4, -0.2) is 48.3 Å². The van der Waals surface area contributed by atoms with E-state index >= 15 is 0 Å². The van der Waals surface area contributed by atoms with E-state index < -0.39 is 10.0 Å². The second kappa shape index (κ2) is 8.77. The molecule has 2 aromatic carbocycles. The number of carbonyl (C=O) groups is 1. The molecule has 0 atom stereocenters. The van der Waals surface area contributed by atoms with Crippen molar-refractivity contribution in [2.45, 2.75) is 6.42 Å². The van der Waals surface area contributed by atoms with Crippen LogP contribution in [0.4, 0.5) is 17.1 Å². The van der Waals surface area contributed by atoms with Crippen molar-refractivity contribution < 1.29 is 17.9 Å². The van der Waals surface area contributed by atoms with Crippen LogP contribution in [0.25, 0.3) is 0 Å². The van der Waals surface area contributed by atoms with Gasteiger partial charge in [-0.15, -0.1) is 0 Å². The minimum Gasteiger partial charge on any atom is -0.495 e. The summed E-state index contributed by atoms with van der Waals surface area (Å²) in [6, 6.07) is 14.2. The van der Waals surface area contributed by atoms with Crippen molar-refractivity contribution >= 4 is 33.0 Å². The highest BCUT2D eigenvalue weighted by atomic mass is 32.2. The van der Waals surface area contributed by atoms with Crippen LogP contribution in [0.2, 0.25) is 0 Å². The maximum Gasteiger partial charge on any atom is 0.232 e. The molecular formula is C19H25N3O4S. The number of carbonyl (C=O) groups excluding carboxylic acids is 1. The molecule has 0 radical (unpaired) electrons. The fraction of sp³-hybridized carbons (Fsp3) is 0.316. The first kappa shape index (κ1) is 20.6. The predicted octanol–water partition coefficient (Wildman–Crippen LogP) is 2.56. The standard InChI is InChI=1S/C19H25N3O4S/c1-21(2)16-11-9-15(10-12-16)20-19(23)13-14-22(27(4,24)25)17-7-5-6-8-18(17)26-3/h5-12H,13-14H2,1-4H3,(H,20,23). The number of sulfonamides is 1. The number of rotatable bonds is 8. The maximum atomic E-state index is 12.3. The smallest absolute Gasteiger partial charge is 0.232 e. The third-order valence-corrected chi connectivity index (χ3v) is 5.14. The Kier molecular flexibility index (Phi) is 6.68. The number of hydrogen-bond donors (Lipinski definition) is 1. The summed E-state index contributed by atoms with van der Waals surface area (Å²) in [6.07, 6.45) is 1.12. The van der Waals surface area contributed by atoms with Crippen molar-refractivity contribution in [2.75, 3.05) is 48.5 Å². The fourth-order valence-corrected chi connectivity index (χ4v) is 3.50. The number of ether oxygens (including phenoxy) is 1. The lowest BCUT2D eigenvalue weighted by atomic mass is 10.2. The molecule has 0 bridgehead atoms. The molecule has 0 spiro atoms. The quantitative estimate of drug-likeness (QED) is 0.748.